The highest BCUT2D eigenvalue weighted by Gasteiger charge is 2.21. The van der Waals surface area contributed by atoms with Crippen molar-refractivity contribution in [3.05, 3.63) is 75.7 Å². The Kier molecular flexibility index (Phi) is 10.7. The van der Waals surface area contributed by atoms with Gasteiger partial charge in [0.25, 0.3) is 0 Å². The van der Waals surface area contributed by atoms with E-state index in [4.69, 9.17) is 16.2 Å². The minimum absolute atomic E-state index is 0.142. The molecule has 2 aromatic carbocycles. The number of aromatic hydroxyl groups is 1. The first kappa shape index (κ1) is 32.0. The average Bonchev–Trinajstić information content (AvgIpc) is 3.35. The van der Waals surface area contributed by atoms with Gasteiger partial charge in [0.05, 0.1) is 19.2 Å². The van der Waals surface area contributed by atoms with Crippen LogP contribution in [0, 0.1) is 5.92 Å². The number of hydrogen-bond acceptors (Lipinski definition) is 9. The zero-order valence-corrected chi connectivity index (χ0v) is 25.9. The van der Waals surface area contributed by atoms with Crippen molar-refractivity contribution in [2.75, 3.05) is 32.0 Å². The predicted molar refractivity (Wildman–Crippen MR) is 174 cm³/mol. The minimum Gasteiger partial charge on any atom is -0.508 e. The number of fused-ring (bicyclic) bond motifs is 1. The Morgan fingerprint density at radius 3 is 2.42 bits per heavy atom. The Bertz CT molecular complexity index is 1610. The van der Waals surface area contributed by atoms with E-state index in [0.717, 1.165) is 62.9 Å². The van der Waals surface area contributed by atoms with Gasteiger partial charge < -0.3 is 31.6 Å². The first-order chi connectivity index (χ1) is 21.8. The highest BCUT2D eigenvalue weighted by molar-refractivity contribution is 5.82. The number of nitrogen functional groups attached to an aromatic ring is 1. The lowest BCUT2D eigenvalue weighted by atomic mass is 9.93. The van der Waals surface area contributed by atoms with Crippen LogP contribution in [0.1, 0.15) is 55.7 Å². The number of anilines is 1. The van der Waals surface area contributed by atoms with Crippen LogP contribution < -0.4 is 27.2 Å². The molecule has 0 aliphatic carbocycles. The zero-order valence-electron chi connectivity index (χ0n) is 25.9. The quantitative estimate of drug-likeness (QED) is 0.133. The highest BCUT2D eigenvalue weighted by Crippen LogP contribution is 2.23. The number of piperidine rings is 1. The van der Waals surface area contributed by atoms with Crippen LogP contribution in [0.15, 0.2) is 53.3 Å². The van der Waals surface area contributed by atoms with Crippen LogP contribution in [0.25, 0.3) is 11.2 Å². The Labute approximate surface area is 262 Å². The maximum Gasteiger partial charge on any atom is 0.328 e. The topological polar surface area (TPSA) is 177 Å². The second-order valence-corrected chi connectivity index (χ2v) is 11.9. The monoisotopic (exact) mass is 616 g/mol. The molecule has 1 aliphatic heterocycles. The lowest BCUT2D eigenvalue weighted by Gasteiger charge is -2.32. The van der Waals surface area contributed by atoms with Crippen molar-refractivity contribution in [3.8, 4) is 11.8 Å². The van der Waals surface area contributed by atoms with Gasteiger partial charge in [-0.25, -0.2) is 4.79 Å². The molecule has 1 saturated heterocycles. The van der Waals surface area contributed by atoms with E-state index in [2.05, 4.69) is 44.2 Å². The molecule has 1 aliphatic rings. The van der Waals surface area contributed by atoms with Crippen LogP contribution in [0.4, 0.5) is 5.82 Å². The summed E-state index contributed by atoms with van der Waals surface area (Å²) in [5.41, 5.74) is 15.8. The molecule has 12 nitrogen and oxygen atoms in total. The Morgan fingerprint density at radius 2 is 1.73 bits per heavy atom. The minimum atomic E-state index is -0.610. The molecule has 12 heteroatoms. The van der Waals surface area contributed by atoms with Gasteiger partial charge in [0.1, 0.15) is 11.3 Å². The Morgan fingerprint density at radius 1 is 1.07 bits per heavy atom. The summed E-state index contributed by atoms with van der Waals surface area (Å²) in [6.07, 6.45) is 5.43. The van der Waals surface area contributed by atoms with Crippen LogP contribution in [-0.4, -0.2) is 67.7 Å². The Hall–Kier alpha value is -4.42. The molecule has 2 aromatic heterocycles. The number of phenols is 1. The number of phenolic OH excluding ortho intramolecular Hbond substituents is 1. The molecule has 1 fully saturated rings. The molecular weight excluding hydrogens is 572 g/mol. The predicted octanol–water partition coefficient (Wildman–Crippen LogP) is 2.92. The molecule has 0 saturated carbocycles. The zero-order chi connectivity index (χ0) is 31.8. The molecule has 1 amide bonds. The van der Waals surface area contributed by atoms with Crippen molar-refractivity contribution in [1.82, 2.24) is 29.7 Å². The molecular formula is C33H44N8O4. The summed E-state index contributed by atoms with van der Waals surface area (Å²) in [6.45, 7) is 6.43. The van der Waals surface area contributed by atoms with Crippen LogP contribution in [0.2, 0.25) is 0 Å². The summed E-state index contributed by atoms with van der Waals surface area (Å²) in [7, 11) is 0. The number of unbranched alkanes of at least 4 members (excludes halogenated alkanes) is 1. The van der Waals surface area contributed by atoms with Crippen LogP contribution >= 0.6 is 0 Å². The number of nitrogens with zero attached hydrogens (tertiary/aromatic N) is 4. The number of aromatic nitrogens is 4. The molecule has 4 aromatic rings. The summed E-state index contributed by atoms with van der Waals surface area (Å²) in [4.78, 5) is 39.0. The molecule has 45 heavy (non-hydrogen) atoms. The van der Waals surface area contributed by atoms with Gasteiger partial charge >= 0.3 is 11.7 Å². The third-order valence-corrected chi connectivity index (χ3v) is 8.42. The molecule has 5 rings (SSSR count). The first-order valence-corrected chi connectivity index (χ1v) is 15.8. The van der Waals surface area contributed by atoms with Crippen LogP contribution in [0.3, 0.4) is 0 Å². The second-order valence-electron chi connectivity index (χ2n) is 11.9. The smallest absolute Gasteiger partial charge is 0.328 e. The molecule has 0 bridgehead atoms. The number of ether oxygens (including phenoxy) is 1. The number of nitrogens with one attached hydrogen (secondary N) is 2. The van der Waals surface area contributed by atoms with Gasteiger partial charge in [-0.3, -0.25) is 14.3 Å². The van der Waals surface area contributed by atoms with Gasteiger partial charge in [0.15, 0.2) is 11.5 Å². The molecule has 240 valence electrons. The SMILES string of the molecule is CCCCOc1nc(N)c2[nH]c(=O)n(Cc3ccc(CN4CCC(CCNC(=O)C(N)Cc5ccc(O)cc5)CC4)cc3)c2n1. The van der Waals surface area contributed by atoms with Crippen molar-refractivity contribution in [2.45, 2.75) is 64.6 Å². The molecule has 0 spiro atoms. The third-order valence-electron chi connectivity index (χ3n) is 8.42. The molecule has 7 N–H and O–H groups in total. The van der Waals surface area contributed by atoms with Gasteiger partial charge in [-0.2, -0.15) is 9.97 Å². The largest absolute Gasteiger partial charge is 0.508 e. The average molecular weight is 617 g/mol. The number of benzene rings is 2. The number of carbonyl (C=O) groups is 1. The van der Waals surface area contributed by atoms with Crippen molar-refractivity contribution in [1.29, 1.82) is 0 Å². The lowest BCUT2D eigenvalue weighted by molar-refractivity contribution is -0.122. The summed E-state index contributed by atoms with van der Waals surface area (Å²) < 4.78 is 7.20. The van der Waals surface area contributed by atoms with E-state index in [0.29, 0.717) is 43.2 Å². The first-order valence-electron chi connectivity index (χ1n) is 15.8. The number of carbonyl (C=O) groups excluding carboxylic acids is 1. The standard InChI is InChI=1S/C33H44N8O4/c1-2-3-18-45-32-38-29(35)28-30(39-32)41(33(44)37-28)21-25-6-4-24(5-7-25)20-40-16-13-22(14-17-40)12-15-36-31(43)27(34)19-23-8-10-26(42)11-9-23/h4-11,22,27,42H,2-3,12-21,34H2,1H3,(H,36,43)(H,37,44)(H2,35,38,39). The maximum absolute atomic E-state index is 12.7. The number of hydrogen-bond donors (Lipinski definition) is 5. The van der Waals surface area contributed by atoms with Crippen LogP contribution in [0.5, 0.6) is 11.8 Å². The van der Waals surface area contributed by atoms with E-state index in [-0.39, 0.29) is 29.2 Å². The fraction of sp³-hybridized carbons (Fsp3) is 0.455. The van der Waals surface area contributed by atoms with Crippen molar-refractivity contribution in [2.24, 2.45) is 11.7 Å². The van der Waals surface area contributed by atoms with Gasteiger partial charge in [0.2, 0.25) is 5.91 Å². The summed E-state index contributed by atoms with van der Waals surface area (Å²) >= 11 is 0. The molecule has 3 heterocycles. The summed E-state index contributed by atoms with van der Waals surface area (Å²) in [5, 5.41) is 12.4. The fourth-order valence-electron chi connectivity index (χ4n) is 5.68. The van der Waals surface area contributed by atoms with Gasteiger partial charge in [0, 0.05) is 13.1 Å². The van der Waals surface area contributed by atoms with E-state index in [1.165, 1.54) is 5.56 Å². The second kappa shape index (κ2) is 15.0. The number of amides is 1. The van der Waals surface area contributed by atoms with E-state index in [1.54, 1.807) is 28.8 Å². The molecule has 1 atom stereocenters. The Balaban J connectivity index is 1.06. The van der Waals surface area contributed by atoms with Crippen LogP contribution in [-0.2, 0) is 24.3 Å². The van der Waals surface area contributed by atoms with E-state index in [1.807, 2.05) is 12.1 Å². The van der Waals surface area contributed by atoms with Gasteiger partial charge in [-0.05, 0) is 79.9 Å². The third kappa shape index (κ3) is 8.61. The number of H-pyrrole nitrogens is 1. The summed E-state index contributed by atoms with van der Waals surface area (Å²) in [6, 6.07) is 14.7. The number of nitrogens with two attached hydrogens (primary N) is 2. The normalized spacial score (nSPS) is 14.9. The maximum atomic E-state index is 12.7. The number of imidazole rings is 1. The number of likely N-dealkylation sites (tertiary alicyclic amines) is 1. The number of rotatable bonds is 14. The lowest BCUT2D eigenvalue weighted by Crippen LogP contribution is -2.43. The number of aromatic amines is 1. The van der Waals surface area contributed by atoms with E-state index < -0.39 is 6.04 Å². The van der Waals surface area contributed by atoms with Gasteiger partial charge in [-0.1, -0.05) is 49.7 Å². The van der Waals surface area contributed by atoms with Crippen molar-refractivity contribution < 1.29 is 14.6 Å². The summed E-state index contributed by atoms with van der Waals surface area (Å²) in [5.74, 6) is 0.819. The fourth-order valence-corrected chi connectivity index (χ4v) is 5.68. The van der Waals surface area contributed by atoms with Gasteiger partial charge in [-0.15, -0.1) is 0 Å². The van der Waals surface area contributed by atoms with E-state index >= 15 is 0 Å². The van der Waals surface area contributed by atoms with E-state index in [9.17, 15) is 14.7 Å². The highest BCUT2D eigenvalue weighted by atomic mass is 16.5. The molecule has 1 unspecified atom stereocenters. The molecule has 0 radical (unpaired) electrons. The van der Waals surface area contributed by atoms with Crippen molar-refractivity contribution in [3.63, 3.8) is 0 Å². The van der Waals surface area contributed by atoms with Crippen molar-refractivity contribution >= 4 is 22.9 Å².